The molecule has 80 valence electrons. The first-order chi connectivity index (χ1) is 7.68. The summed E-state index contributed by atoms with van der Waals surface area (Å²) >= 11 is 5.28. The van der Waals surface area contributed by atoms with Gasteiger partial charge in [-0.05, 0) is 17.7 Å². The minimum atomic E-state index is -0.791. The van der Waals surface area contributed by atoms with Crippen molar-refractivity contribution >= 4 is 16.8 Å². The van der Waals surface area contributed by atoms with Crippen LogP contribution < -0.4 is 5.56 Å². The summed E-state index contributed by atoms with van der Waals surface area (Å²) in [4.78, 5) is 22.2. The Labute approximate surface area is 95.9 Å². The van der Waals surface area contributed by atoms with Crippen molar-refractivity contribution in [1.29, 1.82) is 0 Å². The molecular formula is C11H7ClN2O2. The standard InChI is InChI=1S/C11H7ClN2O2/c12-10(15)8-6-9(13-14-11(8)16)7-4-2-1-3-5-7/h1-6H,(H,14,16). The van der Waals surface area contributed by atoms with Gasteiger partial charge in [-0.15, -0.1) is 0 Å². The molecule has 0 atom stereocenters. The first-order valence-electron chi connectivity index (χ1n) is 4.53. The summed E-state index contributed by atoms with van der Waals surface area (Å²) in [5.74, 6) is 0. The Morgan fingerprint density at radius 1 is 1.25 bits per heavy atom. The first-order valence-corrected chi connectivity index (χ1v) is 4.91. The van der Waals surface area contributed by atoms with Crippen molar-refractivity contribution in [1.82, 2.24) is 10.2 Å². The van der Waals surface area contributed by atoms with E-state index in [9.17, 15) is 9.59 Å². The van der Waals surface area contributed by atoms with Gasteiger partial charge < -0.3 is 0 Å². The number of aromatic nitrogens is 2. The molecule has 0 fully saturated rings. The monoisotopic (exact) mass is 234 g/mol. The Kier molecular flexibility index (Phi) is 2.83. The number of nitrogens with one attached hydrogen (secondary N) is 1. The predicted molar refractivity (Wildman–Crippen MR) is 60.5 cm³/mol. The predicted octanol–water partition coefficient (Wildman–Crippen LogP) is 1.82. The minimum absolute atomic E-state index is 0.101. The van der Waals surface area contributed by atoms with Crippen LogP contribution in [0.25, 0.3) is 11.3 Å². The molecule has 0 unspecified atom stereocenters. The van der Waals surface area contributed by atoms with Crippen LogP contribution in [0.1, 0.15) is 10.4 Å². The lowest BCUT2D eigenvalue weighted by molar-refractivity contribution is 0.108. The zero-order chi connectivity index (χ0) is 11.5. The molecule has 2 rings (SSSR count). The lowest BCUT2D eigenvalue weighted by Gasteiger charge is -2.00. The van der Waals surface area contributed by atoms with Crippen molar-refractivity contribution < 1.29 is 4.79 Å². The molecule has 0 aliphatic rings. The van der Waals surface area contributed by atoms with Crippen LogP contribution in [0.4, 0.5) is 0 Å². The van der Waals surface area contributed by atoms with Crippen LogP contribution >= 0.6 is 11.6 Å². The van der Waals surface area contributed by atoms with E-state index in [1.165, 1.54) is 6.07 Å². The van der Waals surface area contributed by atoms with Gasteiger partial charge in [-0.1, -0.05) is 30.3 Å². The van der Waals surface area contributed by atoms with Gasteiger partial charge in [0, 0.05) is 5.56 Å². The van der Waals surface area contributed by atoms with Crippen molar-refractivity contribution in [2.75, 3.05) is 0 Å². The maximum absolute atomic E-state index is 11.2. The number of hydrogen-bond acceptors (Lipinski definition) is 3. The summed E-state index contributed by atoms with van der Waals surface area (Å²) in [6.07, 6.45) is 0. The highest BCUT2D eigenvalue weighted by atomic mass is 35.5. The molecular weight excluding hydrogens is 228 g/mol. The van der Waals surface area contributed by atoms with E-state index in [1.807, 2.05) is 30.3 Å². The van der Waals surface area contributed by atoms with E-state index in [0.717, 1.165) is 5.56 Å². The van der Waals surface area contributed by atoms with Gasteiger partial charge in [-0.2, -0.15) is 5.10 Å². The summed E-state index contributed by atoms with van der Waals surface area (Å²) in [5.41, 5.74) is 0.623. The Balaban J connectivity index is 2.57. The summed E-state index contributed by atoms with van der Waals surface area (Å²) in [7, 11) is 0. The molecule has 0 saturated heterocycles. The third-order valence-electron chi connectivity index (χ3n) is 2.08. The smallest absolute Gasteiger partial charge is 0.275 e. The van der Waals surface area contributed by atoms with Gasteiger partial charge in [0.1, 0.15) is 5.56 Å². The van der Waals surface area contributed by atoms with Gasteiger partial charge >= 0.3 is 0 Å². The van der Waals surface area contributed by atoms with Crippen molar-refractivity contribution in [3.63, 3.8) is 0 Å². The van der Waals surface area contributed by atoms with Crippen LogP contribution in [0, 0.1) is 0 Å². The van der Waals surface area contributed by atoms with Crippen LogP contribution in [0.2, 0.25) is 0 Å². The van der Waals surface area contributed by atoms with Crippen LogP contribution in [0.5, 0.6) is 0 Å². The van der Waals surface area contributed by atoms with E-state index < -0.39 is 10.8 Å². The van der Waals surface area contributed by atoms with Crippen molar-refractivity contribution in [2.45, 2.75) is 0 Å². The molecule has 1 heterocycles. The quantitative estimate of drug-likeness (QED) is 0.807. The van der Waals surface area contributed by atoms with Gasteiger partial charge in [0.15, 0.2) is 0 Å². The number of benzene rings is 1. The molecule has 0 aliphatic carbocycles. The molecule has 0 spiro atoms. The molecule has 1 aromatic heterocycles. The van der Waals surface area contributed by atoms with E-state index in [-0.39, 0.29) is 5.56 Å². The number of rotatable bonds is 2. The van der Waals surface area contributed by atoms with Crippen LogP contribution in [-0.2, 0) is 0 Å². The molecule has 1 N–H and O–H groups in total. The highest BCUT2D eigenvalue weighted by Gasteiger charge is 2.10. The summed E-state index contributed by atoms with van der Waals surface area (Å²) in [6.45, 7) is 0. The van der Waals surface area contributed by atoms with Gasteiger partial charge in [0.25, 0.3) is 10.8 Å². The van der Waals surface area contributed by atoms with Gasteiger partial charge in [-0.25, -0.2) is 5.10 Å². The minimum Gasteiger partial charge on any atom is -0.275 e. The van der Waals surface area contributed by atoms with Crippen LogP contribution in [0.3, 0.4) is 0 Å². The van der Waals surface area contributed by atoms with Gasteiger partial charge in [0.05, 0.1) is 5.69 Å². The molecule has 0 aliphatic heterocycles. The fourth-order valence-corrected chi connectivity index (χ4v) is 1.45. The first kappa shape index (κ1) is 10.6. The van der Waals surface area contributed by atoms with Crippen molar-refractivity contribution in [3.05, 3.63) is 52.3 Å². The number of carbonyl (C=O) groups excluding carboxylic acids is 1. The Morgan fingerprint density at radius 2 is 1.94 bits per heavy atom. The molecule has 16 heavy (non-hydrogen) atoms. The van der Waals surface area contributed by atoms with Crippen molar-refractivity contribution in [3.8, 4) is 11.3 Å². The zero-order valence-electron chi connectivity index (χ0n) is 8.11. The third kappa shape index (κ3) is 2.01. The maximum Gasteiger partial charge on any atom is 0.276 e. The fraction of sp³-hybridized carbons (Fsp3) is 0. The molecule has 0 amide bonds. The highest BCUT2D eigenvalue weighted by Crippen LogP contribution is 2.15. The van der Waals surface area contributed by atoms with E-state index in [1.54, 1.807) is 0 Å². The van der Waals surface area contributed by atoms with E-state index >= 15 is 0 Å². The summed E-state index contributed by atoms with van der Waals surface area (Å²) in [5, 5.41) is 5.29. The highest BCUT2D eigenvalue weighted by molar-refractivity contribution is 6.67. The SMILES string of the molecule is O=C(Cl)c1cc(-c2ccccc2)n[nH]c1=O. The number of halogens is 1. The summed E-state index contributed by atoms with van der Waals surface area (Å²) in [6, 6.07) is 10.6. The average Bonchev–Trinajstić information content (AvgIpc) is 2.30. The Hall–Kier alpha value is -1.94. The Bertz CT molecular complexity index is 578. The zero-order valence-corrected chi connectivity index (χ0v) is 8.86. The molecule has 4 nitrogen and oxygen atoms in total. The van der Waals surface area contributed by atoms with Crippen LogP contribution in [0.15, 0.2) is 41.2 Å². The van der Waals surface area contributed by atoms with Crippen LogP contribution in [-0.4, -0.2) is 15.4 Å². The molecule has 2 aromatic rings. The molecule has 5 heteroatoms. The normalized spacial score (nSPS) is 10.1. The van der Waals surface area contributed by atoms with Crippen molar-refractivity contribution in [2.24, 2.45) is 0 Å². The van der Waals surface area contributed by atoms with E-state index in [4.69, 9.17) is 11.6 Å². The number of nitrogens with zero attached hydrogens (tertiary/aromatic N) is 1. The lowest BCUT2D eigenvalue weighted by atomic mass is 10.1. The number of aromatic amines is 1. The average molecular weight is 235 g/mol. The topological polar surface area (TPSA) is 62.8 Å². The van der Waals surface area contributed by atoms with E-state index in [0.29, 0.717) is 5.69 Å². The molecule has 0 radical (unpaired) electrons. The molecule has 0 bridgehead atoms. The van der Waals surface area contributed by atoms with Gasteiger partial charge in [-0.3, -0.25) is 9.59 Å². The number of carbonyl (C=O) groups is 1. The summed E-state index contributed by atoms with van der Waals surface area (Å²) < 4.78 is 0. The fourth-order valence-electron chi connectivity index (χ4n) is 1.31. The third-order valence-corrected chi connectivity index (χ3v) is 2.29. The van der Waals surface area contributed by atoms with E-state index in [2.05, 4.69) is 10.2 Å². The largest absolute Gasteiger partial charge is 0.276 e. The molecule has 1 aromatic carbocycles. The number of H-pyrrole nitrogens is 1. The van der Waals surface area contributed by atoms with Gasteiger partial charge in [0.2, 0.25) is 0 Å². The maximum atomic E-state index is 11.2. The molecule has 0 saturated carbocycles. The second-order valence-electron chi connectivity index (χ2n) is 3.14. The lowest BCUT2D eigenvalue weighted by Crippen LogP contribution is -2.16. The second-order valence-corrected chi connectivity index (χ2v) is 3.48. The Morgan fingerprint density at radius 3 is 2.56 bits per heavy atom. The second kappa shape index (κ2) is 4.28. The number of hydrogen-bond donors (Lipinski definition) is 1.